The fraction of sp³-hybridized carbons (Fsp3) is 0.308. The summed E-state index contributed by atoms with van der Waals surface area (Å²) in [4.78, 5) is 0. The highest BCUT2D eigenvalue weighted by Gasteiger charge is 2.05. The van der Waals surface area contributed by atoms with E-state index >= 15 is 0 Å². The van der Waals surface area contributed by atoms with Gasteiger partial charge >= 0.3 is 0 Å². The van der Waals surface area contributed by atoms with Gasteiger partial charge in [0.2, 0.25) is 0 Å². The van der Waals surface area contributed by atoms with Crippen LogP contribution in [0, 0.1) is 0 Å². The highest BCUT2D eigenvalue weighted by atomic mass is 16.5. The van der Waals surface area contributed by atoms with Crippen LogP contribution in [-0.2, 0) is 13.6 Å². The number of nitrogens with one attached hydrogen (secondary N) is 1. The van der Waals surface area contributed by atoms with E-state index in [1.807, 2.05) is 44.6 Å². The number of hydrogen-bond acceptors (Lipinski definition) is 4. The molecule has 0 unspecified atom stereocenters. The molecule has 0 saturated heterocycles. The minimum atomic E-state index is 0.607. The van der Waals surface area contributed by atoms with Crippen LogP contribution < -0.4 is 15.8 Å². The average molecular weight is 246 g/mol. The zero-order valence-corrected chi connectivity index (χ0v) is 10.7. The van der Waals surface area contributed by atoms with E-state index in [4.69, 9.17) is 10.5 Å². The molecule has 0 atom stereocenters. The van der Waals surface area contributed by atoms with Gasteiger partial charge in [-0.2, -0.15) is 5.10 Å². The Hall–Kier alpha value is -2.17. The van der Waals surface area contributed by atoms with E-state index in [-0.39, 0.29) is 0 Å². The number of hydrogen-bond donors (Lipinski definition) is 2. The molecule has 2 aromatic rings. The summed E-state index contributed by atoms with van der Waals surface area (Å²) in [6, 6.07) is 5.73. The fourth-order valence-corrected chi connectivity index (χ4v) is 1.74. The van der Waals surface area contributed by atoms with Crippen molar-refractivity contribution in [2.45, 2.75) is 13.5 Å². The van der Waals surface area contributed by atoms with E-state index in [0.717, 1.165) is 11.3 Å². The maximum absolute atomic E-state index is 6.03. The standard InChI is InChI=1S/C13H18N4O/c1-3-18-12-6-4-5-11(13(12)14)15-7-10-8-16-17(2)9-10/h4-6,8-9,15H,3,7,14H2,1-2H3. The van der Waals surface area contributed by atoms with E-state index in [1.165, 1.54) is 0 Å². The Balaban J connectivity index is 2.07. The Morgan fingerprint density at radius 3 is 2.94 bits per heavy atom. The van der Waals surface area contributed by atoms with Gasteiger partial charge in [-0.1, -0.05) is 6.07 Å². The number of rotatable bonds is 5. The van der Waals surface area contributed by atoms with E-state index in [2.05, 4.69) is 10.4 Å². The number of nitrogens with two attached hydrogens (primary N) is 1. The molecule has 5 heteroatoms. The number of nitrogen functional groups attached to an aromatic ring is 1. The molecule has 0 radical (unpaired) electrons. The molecule has 0 aliphatic heterocycles. The molecule has 0 saturated carbocycles. The highest BCUT2D eigenvalue weighted by Crippen LogP contribution is 2.29. The normalized spacial score (nSPS) is 10.3. The molecule has 3 N–H and O–H groups in total. The number of para-hydroxylation sites is 1. The minimum absolute atomic E-state index is 0.607. The minimum Gasteiger partial charge on any atom is -0.492 e. The van der Waals surface area contributed by atoms with Crippen LogP contribution in [0.2, 0.25) is 0 Å². The topological polar surface area (TPSA) is 65.1 Å². The maximum atomic E-state index is 6.03. The molecular weight excluding hydrogens is 228 g/mol. The average Bonchev–Trinajstić information content (AvgIpc) is 2.77. The molecule has 0 bridgehead atoms. The third-order valence-electron chi connectivity index (χ3n) is 2.61. The van der Waals surface area contributed by atoms with Gasteiger partial charge in [-0.05, 0) is 19.1 Å². The summed E-state index contributed by atoms with van der Waals surface area (Å²) in [6.45, 7) is 3.24. The Morgan fingerprint density at radius 1 is 1.44 bits per heavy atom. The van der Waals surface area contributed by atoms with Crippen LogP contribution in [0.25, 0.3) is 0 Å². The van der Waals surface area contributed by atoms with Crippen LogP contribution in [0.1, 0.15) is 12.5 Å². The second-order valence-corrected chi connectivity index (χ2v) is 4.03. The summed E-state index contributed by atoms with van der Waals surface area (Å²) in [5.74, 6) is 0.716. The van der Waals surface area contributed by atoms with Crippen molar-refractivity contribution in [2.24, 2.45) is 7.05 Å². The van der Waals surface area contributed by atoms with Crippen LogP contribution in [0.4, 0.5) is 11.4 Å². The van der Waals surface area contributed by atoms with Crippen LogP contribution >= 0.6 is 0 Å². The van der Waals surface area contributed by atoms with Gasteiger partial charge < -0.3 is 15.8 Å². The van der Waals surface area contributed by atoms with Gasteiger partial charge in [0.15, 0.2) is 0 Å². The zero-order valence-electron chi connectivity index (χ0n) is 10.7. The van der Waals surface area contributed by atoms with Crippen molar-refractivity contribution in [2.75, 3.05) is 17.7 Å². The van der Waals surface area contributed by atoms with Crippen molar-refractivity contribution in [1.82, 2.24) is 9.78 Å². The first-order chi connectivity index (χ1) is 8.70. The number of nitrogens with zero attached hydrogens (tertiary/aromatic N) is 2. The molecule has 0 aliphatic rings. The monoisotopic (exact) mass is 246 g/mol. The van der Waals surface area contributed by atoms with Crippen molar-refractivity contribution < 1.29 is 4.74 Å². The third kappa shape index (κ3) is 2.74. The second-order valence-electron chi connectivity index (χ2n) is 4.03. The van der Waals surface area contributed by atoms with Crippen molar-refractivity contribution >= 4 is 11.4 Å². The summed E-state index contributed by atoms with van der Waals surface area (Å²) in [5, 5.41) is 7.40. The molecule has 0 aliphatic carbocycles. The Bertz CT molecular complexity index is 521. The van der Waals surface area contributed by atoms with Crippen LogP contribution in [0.5, 0.6) is 5.75 Å². The largest absolute Gasteiger partial charge is 0.492 e. The van der Waals surface area contributed by atoms with Crippen molar-refractivity contribution in [3.63, 3.8) is 0 Å². The lowest BCUT2D eigenvalue weighted by Crippen LogP contribution is -2.04. The van der Waals surface area contributed by atoms with Crippen LogP contribution in [0.3, 0.4) is 0 Å². The number of ether oxygens (including phenoxy) is 1. The summed E-state index contributed by atoms with van der Waals surface area (Å²) in [7, 11) is 1.90. The Labute approximate surface area is 107 Å². The van der Waals surface area contributed by atoms with Crippen molar-refractivity contribution in [3.8, 4) is 5.75 Å². The Kier molecular flexibility index (Phi) is 3.72. The molecule has 0 fully saturated rings. The summed E-state index contributed by atoms with van der Waals surface area (Å²) in [6.07, 6.45) is 3.80. The molecule has 1 aromatic heterocycles. The smallest absolute Gasteiger partial charge is 0.144 e. The van der Waals surface area contributed by atoms with Crippen molar-refractivity contribution in [3.05, 3.63) is 36.2 Å². The summed E-state index contributed by atoms with van der Waals surface area (Å²) in [5.41, 5.74) is 8.66. The van der Waals surface area contributed by atoms with Crippen molar-refractivity contribution in [1.29, 1.82) is 0 Å². The number of aryl methyl sites for hydroxylation is 1. The van der Waals surface area contributed by atoms with Gasteiger partial charge in [0, 0.05) is 25.4 Å². The lowest BCUT2D eigenvalue weighted by atomic mass is 10.2. The predicted molar refractivity (Wildman–Crippen MR) is 72.6 cm³/mol. The van der Waals surface area contributed by atoms with Gasteiger partial charge in [0.05, 0.1) is 24.2 Å². The molecule has 1 heterocycles. The summed E-state index contributed by atoms with van der Waals surface area (Å²) >= 11 is 0. The van der Waals surface area contributed by atoms with Crippen LogP contribution in [0.15, 0.2) is 30.6 Å². The first kappa shape index (κ1) is 12.3. The molecule has 1 aromatic carbocycles. The van der Waals surface area contributed by atoms with Gasteiger partial charge in [-0.15, -0.1) is 0 Å². The van der Waals surface area contributed by atoms with E-state index in [0.29, 0.717) is 24.6 Å². The molecule has 0 amide bonds. The number of aromatic nitrogens is 2. The first-order valence-electron chi connectivity index (χ1n) is 5.93. The fourth-order valence-electron chi connectivity index (χ4n) is 1.74. The van der Waals surface area contributed by atoms with E-state index < -0.39 is 0 Å². The highest BCUT2D eigenvalue weighted by molar-refractivity contribution is 5.72. The van der Waals surface area contributed by atoms with Gasteiger partial charge in [-0.3, -0.25) is 4.68 Å². The third-order valence-corrected chi connectivity index (χ3v) is 2.61. The number of anilines is 2. The van der Waals surface area contributed by atoms with Gasteiger partial charge in [-0.25, -0.2) is 0 Å². The second kappa shape index (κ2) is 5.44. The van der Waals surface area contributed by atoms with Gasteiger partial charge in [0.1, 0.15) is 5.75 Å². The lowest BCUT2D eigenvalue weighted by Gasteiger charge is -2.12. The molecule has 5 nitrogen and oxygen atoms in total. The zero-order chi connectivity index (χ0) is 13.0. The molecule has 96 valence electrons. The maximum Gasteiger partial charge on any atom is 0.144 e. The predicted octanol–water partition coefficient (Wildman–Crippen LogP) is 2.01. The molecule has 2 rings (SSSR count). The SMILES string of the molecule is CCOc1cccc(NCc2cnn(C)c2)c1N. The quantitative estimate of drug-likeness (QED) is 0.792. The first-order valence-corrected chi connectivity index (χ1v) is 5.93. The van der Waals surface area contributed by atoms with E-state index in [9.17, 15) is 0 Å². The molecular formula is C13H18N4O. The Morgan fingerprint density at radius 2 is 2.28 bits per heavy atom. The number of benzene rings is 1. The molecule has 18 heavy (non-hydrogen) atoms. The van der Waals surface area contributed by atoms with E-state index in [1.54, 1.807) is 4.68 Å². The molecule has 0 spiro atoms. The lowest BCUT2D eigenvalue weighted by molar-refractivity contribution is 0.342. The summed E-state index contributed by atoms with van der Waals surface area (Å²) < 4.78 is 7.23. The van der Waals surface area contributed by atoms with Gasteiger partial charge in [0.25, 0.3) is 0 Å². The van der Waals surface area contributed by atoms with Crippen LogP contribution in [-0.4, -0.2) is 16.4 Å².